The predicted molar refractivity (Wildman–Crippen MR) is 83.5 cm³/mol. The van der Waals surface area contributed by atoms with E-state index >= 15 is 0 Å². The van der Waals surface area contributed by atoms with Crippen molar-refractivity contribution in [2.75, 3.05) is 13.2 Å². The maximum absolute atomic E-state index is 5.92. The maximum Gasteiger partial charge on any atom is 0.0598 e. The van der Waals surface area contributed by atoms with Crippen LogP contribution in [0.2, 0.25) is 0 Å². The van der Waals surface area contributed by atoms with Crippen molar-refractivity contribution in [3.05, 3.63) is 0 Å². The monoisotopic (exact) mass is 269 g/mol. The minimum Gasteiger partial charge on any atom is -0.376 e. The van der Waals surface area contributed by atoms with Crippen LogP contribution in [0.25, 0.3) is 0 Å². The molecule has 19 heavy (non-hydrogen) atoms. The van der Waals surface area contributed by atoms with Crippen molar-refractivity contribution in [1.29, 1.82) is 0 Å². The molecule has 114 valence electrons. The van der Waals surface area contributed by atoms with Gasteiger partial charge in [-0.1, -0.05) is 25.7 Å². The second-order valence-corrected chi connectivity index (χ2v) is 8.19. The van der Waals surface area contributed by atoms with Crippen molar-refractivity contribution in [1.82, 2.24) is 5.32 Å². The minimum absolute atomic E-state index is 0.00230. The SMILES string of the molecule is CC(C)(C)NCC(CCOC(C)(C)C)C1CCCC1. The Morgan fingerprint density at radius 2 is 1.63 bits per heavy atom. The molecule has 1 N–H and O–H groups in total. The van der Waals surface area contributed by atoms with Crippen LogP contribution in [0.4, 0.5) is 0 Å². The first-order valence-electron chi connectivity index (χ1n) is 8.06. The number of ether oxygens (including phenoxy) is 1. The Labute approximate surface area is 120 Å². The largest absolute Gasteiger partial charge is 0.376 e. The molecule has 1 unspecified atom stereocenters. The maximum atomic E-state index is 5.92. The van der Waals surface area contributed by atoms with Crippen LogP contribution in [0.5, 0.6) is 0 Å². The van der Waals surface area contributed by atoms with Crippen LogP contribution in [0.1, 0.15) is 73.6 Å². The fourth-order valence-corrected chi connectivity index (χ4v) is 2.89. The fraction of sp³-hybridized carbons (Fsp3) is 1.00. The molecule has 1 rings (SSSR count). The molecule has 0 aromatic carbocycles. The Morgan fingerprint density at radius 3 is 2.11 bits per heavy atom. The zero-order chi connectivity index (χ0) is 14.5. The molecule has 0 radical (unpaired) electrons. The van der Waals surface area contributed by atoms with E-state index in [4.69, 9.17) is 4.74 Å². The van der Waals surface area contributed by atoms with Gasteiger partial charge in [-0.3, -0.25) is 0 Å². The summed E-state index contributed by atoms with van der Waals surface area (Å²) in [6, 6.07) is 0. The van der Waals surface area contributed by atoms with Gasteiger partial charge in [-0.2, -0.15) is 0 Å². The van der Waals surface area contributed by atoms with Crippen LogP contribution in [0, 0.1) is 11.8 Å². The summed E-state index contributed by atoms with van der Waals surface area (Å²) in [6.45, 7) is 15.2. The smallest absolute Gasteiger partial charge is 0.0598 e. The molecular formula is C17H35NO. The van der Waals surface area contributed by atoms with Crippen molar-refractivity contribution >= 4 is 0 Å². The number of nitrogens with one attached hydrogen (secondary N) is 1. The van der Waals surface area contributed by atoms with Gasteiger partial charge in [0.2, 0.25) is 0 Å². The van der Waals surface area contributed by atoms with Gasteiger partial charge in [0, 0.05) is 12.1 Å². The van der Waals surface area contributed by atoms with Crippen LogP contribution in [0.3, 0.4) is 0 Å². The van der Waals surface area contributed by atoms with Gasteiger partial charge in [0.1, 0.15) is 0 Å². The molecule has 0 heterocycles. The lowest BCUT2D eigenvalue weighted by atomic mass is 9.87. The molecule has 0 aliphatic heterocycles. The number of rotatable bonds is 6. The lowest BCUT2D eigenvalue weighted by Gasteiger charge is -2.30. The van der Waals surface area contributed by atoms with E-state index in [0.29, 0.717) is 0 Å². The lowest BCUT2D eigenvalue weighted by molar-refractivity contribution is -0.0125. The first-order chi connectivity index (χ1) is 8.67. The van der Waals surface area contributed by atoms with E-state index in [1.165, 1.54) is 32.1 Å². The van der Waals surface area contributed by atoms with Crippen LogP contribution in [-0.4, -0.2) is 24.3 Å². The average molecular weight is 269 g/mol. The predicted octanol–water partition coefficient (Wildman–Crippen LogP) is 4.39. The van der Waals surface area contributed by atoms with Gasteiger partial charge in [0.25, 0.3) is 0 Å². The van der Waals surface area contributed by atoms with Crippen molar-refractivity contribution in [3.63, 3.8) is 0 Å². The first kappa shape index (κ1) is 17.0. The number of hydrogen-bond donors (Lipinski definition) is 1. The summed E-state index contributed by atoms with van der Waals surface area (Å²) < 4.78 is 5.92. The third kappa shape index (κ3) is 7.94. The quantitative estimate of drug-likeness (QED) is 0.772. The highest BCUT2D eigenvalue weighted by atomic mass is 16.5. The highest BCUT2D eigenvalue weighted by Crippen LogP contribution is 2.33. The standard InChI is InChI=1S/C17H35NO/c1-16(2,3)18-13-15(14-9-7-8-10-14)11-12-19-17(4,5)6/h14-15,18H,7-13H2,1-6H3. The molecule has 1 aliphatic carbocycles. The Balaban J connectivity index is 2.40. The summed E-state index contributed by atoms with van der Waals surface area (Å²) in [5.74, 6) is 1.70. The molecule has 1 aliphatic rings. The minimum atomic E-state index is -0.00230. The highest BCUT2D eigenvalue weighted by Gasteiger charge is 2.26. The van der Waals surface area contributed by atoms with Crippen LogP contribution in [-0.2, 0) is 4.74 Å². The molecule has 1 atom stereocenters. The molecule has 1 fully saturated rings. The van der Waals surface area contributed by atoms with Crippen molar-refractivity contribution in [2.45, 2.75) is 84.8 Å². The van der Waals surface area contributed by atoms with Crippen molar-refractivity contribution in [3.8, 4) is 0 Å². The van der Waals surface area contributed by atoms with Gasteiger partial charge in [-0.15, -0.1) is 0 Å². The molecule has 2 heteroatoms. The summed E-state index contributed by atoms with van der Waals surface area (Å²) in [6.07, 6.45) is 6.90. The summed E-state index contributed by atoms with van der Waals surface area (Å²) in [5.41, 5.74) is 0.222. The van der Waals surface area contributed by atoms with Gasteiger partial charge in [0.05, 0.1) is 5.60 Å². The molecule has 0 bridgehead atoms. The van der Waals surface area contributed by atoms with Crippen LogP contribution >= 0.6 is 0 Å². The van der Waals surface area contributed by atoms with E-state index in [2.05, 4.69) is 46.9 Å². The van der Waals surface area contributed by atoms with E-state index in [9.17, 15) is 0 Å². The molecule has 0 saturated heterocycles. The van der Waals surface area contributed by atoms with Gasteiger partial charge >= 0.3 is 0 Å². The third-order valence-corrected chi connectivity index (χ3v) is 3.98. The summed E-state index contributed by atoms with van der Waals surface area (Å²) >= 11 is 0. The summed E-state index contributed by atoms with van der Waals surface area (Å²) in [7, 11) is 0. The Bertz CT molecular complexity index is 243. The molecule has 0 aromatic heterocycles. The van der Waals surface area contributed by atoms with E-state index in [-0.39, 0.29) is 11.1 Å². The molecule has 2 nitrogen and oxygen atoms in total. The molecular weight excluding hydrogens is 234 g/mol. The Hall–Kier alpha value is -0.0800. The number of hydrogen-bond acceptors (Lipinski definition) is 2. The van der Waals surface area contributed by atoms with Crippen LogP contribution < -0.4 is 5.32 Å². The Kier molecular flexibility index (Phi) is 6.32. The van der Waals surface area contributed by atoms with Gasteiger partial charge < -0.3 is 10.1 Å². The van der Waals surface area contributed by atoms with Crippen molar-refractivity contribution < 1.29 is 4.74 Å². The van der Waals surface area contributed by atoms with E-state index < -0.39 is 0 Å². The molecule has 0 spiro atoms. The zero-order valence-electron chi connectivity index (χ0n) is 14.0. The van der Waals surface area contributed by atoms with E-state index in [0.717, 1.165) is 25.0 Å². The normalized spacial score (nSPS) is 19.9. The molecule has 0 amide bonds. The lowest BCUT2D eigenvalue weighted by Crippen LogP contribution is -2.41. The van der Waals surface area contributed by atoms with Gasteiger partial charge in [-0.05, 0) is 66.3 Å². The van der Waals surface area contributed by atoms with Crippen molar-refractivity contribution in [2.24, 2.45) is 11.8 Å². The second-order valence-electron chi connectivity index (χ2n) is 8.19. The zero-order valence-corrected chi connectivity index (χ0v) is 14.0. The Morgan fingerprint density at radius 1 is 1.05 bits per heavy atom. The van der Waals surface area contributed by atoms with E-state index in [1.807, 2.05) is 0 Å². The van der Waals surface area contributed by atoms with Crippen LogP contribution in [0.15, 0.2) is 0 Å². The van der Waals surface area contributed by atoms with Gasteiger partial charge in [-0.25, -0.2) is 0 Å². The average Bonchev–Trinajstić information content (AvgIpc) is 2.73. The third-order valence-electron chi connectivity index (χ3n) is 3.98. The molecule has 0 aromatic rings. The fourth-order valence-electron chi connectivity index (χ4n) is 2.89. The summed E-state index contributed by atoms with van der Waals surface area (Å²) in [5, 5.41) is 3.69. The first-order valence-corrected chi connectivity index (χ1v) is 8.06. The highest BCUT2D eigenvalue weighted by molar-refractivity contribution is 4.80. The topological polar surface area (TPSA) is 21.3 Å². The molecule has 1 saturated carbocycles. The second kappa shape index (κ2) is 7.08. The van der Waals surface area contributed by atoms with E-state index in [1.54, 1.807) is 0 Å². The van der Waals surface area contributed by atoms with Gasteiger partial charge in [0.15, 0.2) is 0 Å². The summed E-state index contributed by atoms with van der Waals surface area (Å²) in [4.78, 5) is 0.